The van der Waals surface area contributed by atoms with E-state index in [1.165, 1.54) is 41.5 Å². The van der Waals surface area contributed by atoms with Gasteiger partial charge in [0.15, 0.2) is 0 Å². The Kier molecular flexibility index (Phi) is 4.35. The third kappa shape index (κ3) is 2.79. The van der Waals surface area contributed by atoms with E-state index in [0.717, 1.165) is 24.3 Å². The van der Waals surface area contributed by atoms with E-state index >= 15 is 0 Å². The van der Waals surface area contributed by atoms with Crippen LogP contribution in [0, 0.1) is 24.7 Å². The van der Waals surface area contributed by atoms with Crippen LogP contribution in [-0.2, 0) is 0 Å². The number of nitrogens with one attached hydrogen (secondary N) is 1. The molecular weight excluding hydrogens is 318 g/mol. The highest BCUT2D eigenvalue weighted by Gasteiger charge is 2.44. The topological polar surface area (TPSA) is 12.0 Å². The summed E-state index contributed by atoms with van der Waals surface area (Å²) in [5.74, 6) is 2.88. The van der Waals surface area contributed by atoms with Crippen molar-refractivity contribution in [2.45, 2.75) is 52.0 Å². The number of rotatable bonds is 5. The fraction of sp³-hybridized carbons (Fsp3) is 0.750. The van der Waals surface area contributed by atoms with Crippen molar-refractivity contribution < 1.29 is 0 Å². The van der Waals surface area contributed by atoms with E-state index in [2.05, 4.69) is 41.2 Å². The summed E-state index contributed by atoms with van der Waals surface area (Å²) in [5, 5.41) is 3.85. The zero-order valence-corrected chi connectivity index (χ0v) is 14.3. The van der Waals surface area contributed by atoms with E-state index in [1.54, 1.807) is 4.88 Å². The number of hydrogen-bond donors (Lipinski definition) is 1. The van der Waals surface area contributed by atoms with E-state index in [1.807, 2.05) is 11.3 Å². The molecule has 0 saturated heterocycles. The molecule has 0 aliphatic heterocycles. The Bertz CT molecular complexity index is 442. The average molecular weight is 342 g/mol. The molecule has 2 aliphatic rings. The van der Waals surface area contributed by atoms with Crippen LogP contribution < -0.4 is 5.32 Å². The lowest BCUT2D eigenvalue weighted by atomic mass is 9.82. The number of fused-ring (bicyclic) bond motifs is 2. The highest BCUT2D eigenvalue weighted by molar-refractivity contribution is 9.10. The standard InChI is InChI=1S/C16H24BrNS/c1-3-6-18-15(16-14(17)7-10(2)19-16)13-9-11-4-5-12(13)8-11/h7,11-13,15,18H,3-6,8-9H2,1-2H3. The molecule has 1 aromatic heterocycles. The van der Waals surface area contributed by atoms with Crippen LogP contribution in [0.3, 0.4) is 0 Å². The molecule has 2 fully saturated rings. The summed E-state index contributed by atoms with van der Waals surface area (Å²) in [4.78, 5) is 2.97. The van der Waals surface area contributed by atoms with Gasteiger partial charge in [-0.3, -0.25) is 0 Å². The summed E-state index contributed by atoms with van der Waals surface area (Å²) in [6.07, 6.45) is 7.14. The van der Waals surface area contributed by atoms with Crippen LogP contribution in [0.5, 0.6) is 0 Å². The summed E-state index contributed by atoms with van der Waals surface area (Å²) < 4.78 is 1.33. The summed E-state index contributed by atoms with van der Waals surface area (Å²) in [6, 6.07) is 2.87. The first-order chi connectivity index (χ1) is 9.19. The van der Waals surface area contributed by atoms with Gasteiger partial charge in [-0.05, 0) is 78.9 Å². The first-order valence-electron chi connectivity index (χ1n) is 7.68. The molecule has 19 heavy (non-hydrogen) atoms. The maximum atomic E-state index is 3.85. The molecule has 0 aromatic carbocycles. The van der Waals surface area contributed by atoms with Gasteiger partial charge in [0.2, 0.25) is 0 Å². The molecule has 0 radical (unpaired) electrons. The van der Waals surface area contributed by atoms with Crippen LogP contribution in [0.2, 0.25) is 0 Å². The van der Waals surface area contributed by atoms with Crippen molar-refractivity contribution in [3.05, 3.63) is 20.3 Å². The third-order valence-corrected chi connectivity index (χ3v) is 7.01. The molecule has 1 N–H and O–H groups in total. The van der Waals surface area contributed by atoms with Crippen molar-refractivity contribution in [2.24, 2.45) is 17.8 Å². The lowest BCUT2D eigenvalue weighted by molar-refractivity contribution is 0.253. The van der Waals surface area contributed by atoms with Gasteiger partial charge in [-0.25, -0.2) is 0 Å². The van der Waals surface area contributed by atoms with E-state index in [0.29, 0.717) is 6.04 Å². The minimum Gasteiger partial charge on any atom is -0.309 e. The maximum Gasteiger partial charge on any atom is 0.0457 e. The molecule has 3 rings (SSSR count). The molecule has 2 bridgehead atoms. The number of aryl methyl sites for hydroxylation is 1. The lowest BCUT2D eigenvalue weighted by Gasteiger charge is -2.31. The molecule has 3 heteroatoms. The number of hydrogen-bond acceptors (Lipinski definition) is 2. The van der Waals surface area contributed by atoms with Gasteiger partial charge in [0.1, 0.15) is 0 Å². The number of halogens is 1. The molecule has 4 unspecified atom stereocenters. The van der Waals surface area contributed by atoms with Crippen molar-refractivity contribution in [2.75, 3.05) is 6.54 Å². The van der Waals surface area contributed by atoms with Crippen LogP contribution in [-0.4, -0.2) is 6.54 Å². The molecule has 0 amide bonds. The maximum absolute atomic E-state index is 3.85. The van der Waals surface area contributed by atoms with Crippen LogP contribution in [0.15, 0.2) is 10.5 Å². The molecule has 106 valence electrons. The second-order valence-corrected chi connectivity index (χ2v) is 8.48. The Balaban J connectivity index is 1.83. The van der Waals surface area contributed by atoms with Crippen molar-refractivity contribution >= 4 is 27.3 Å². The van der Waals surface area contributed by atoms with Gasteiger partial charge in [-0.15, -0.1) is 11.3 Å². The van der Waals surface area contributed by atoms with Crippen LogP contribution in [0.4, 0.5) is 0 Å². The second kappa shape index (κ2) is 5.87. The first-order valence-corrected chi connectivity index (χ1v) is 9.29. The smallest absolute Gasteiger partial charge is 0.0457 e. The SMILES string of the molecule is CCCNC(c1sc(C)cc1Br)C1CC2CCC1C2. The van der Waals surface area contributed by atoms with Gasteiger partial charge in [-0.1, -0.05) is 13.3 Å². The molecular formula is C16H24BrNS. The van der Waals surface area contributed by atoms with Gasteiger partial charge in [0.25, 0.3) is 0 Å². The number of thiophene rings is 1. The Hall–Kier alpha value is 0.140. The van der Waals surface area contributed by atoms with Crippen LogP contribution >= 0.6 is 27.3 Å². The zero-order valence-electron chi connectivity index (χ0n) is 11.9. The van der Waals surface area contributed by atoms with E-state index in [9.17, 15) is 0 Å². The molecule has 2 saturated carbocycles. The van der Waals surface area contributed by atoms with Crippen molar-refractivity contribution in [1.82, 2.24) is 5.32 Å². The van der Waals surface area contributed by atoms with Gasteiger partial charge < -0.3 is 5.32 Å². The summed E-state index contributed by atoms with van der Waals surface area (Å²) in [6.45, 7) is 5.62. The van der Waals surface area contributed by atoms with E-state index in [-0.39, 0.29) is 0 Å². The quantitative estimate of drug-likeness (QED) is 0.766. The molecule has 4 atom stereocenters. The third-order valence-electron chi connectivity index (χ3n) is 4.95. The summed E-state index contributed by atoms with van der Waals surface area (Å²) in [7, 11) is 0. The second-order valence-electron chi connectivity index (χ2n) is 6.34. The lowest BCUT2D eigenvalue weighted by Crippen LogP contribution is -2.31. The van der Waals surface area contributed by atoms with Gasteiger partial charge in [-0.2, -0.15) is 0 Å². The predicted molar refractivity (Wildman–Crippen MR) is 86.7 cm³/mol. The predicted octanol–water partition coefficient (Wildman–Crippen LogP) is 5.30. The summed E-state index contributed by atoms with van der Waals surface area (Å²) in [5.41, 5.74) is 0. The average Bonchev–Trinajstić information content (AvgIpc) is 3.06. The molecule has 1 heterocycles. The first kappa shape index (κ1) is 14.1. The fourth-order valence-corrected chi connectivity index (χ4v) is 6.20. The Morgan fingerprint density at radius 3 is 2.79 bits per heavy atom. The van der Waals surface area contributed by atoms with Gasteiger partial charge in [0.05, 0.1) is 0 Å². The largest absolute Gasteiger partial charge is 0.309 e. The molecule has 1 aromatic rings. The molecule has 1 nitrogen and oxygen atoms in total. The Labute approximate surface area is 129 Å². The van der Waals surface area contributed by atoms with Crippen molar-refractivity contribution in [3.8, 4) is 0 Å². The minimum absolute atomic E-state index is 0.586. The van der Waals surface area contributed by atoms with Crippen LogP contribution in [0.1, 0.15) is 54.8 Å². The van der Waals surface area contributed by atoms with E-state index < -0.39 is 0 Å². The molecule has 0 spiro atoms. The van der Waals surface area contributed by atoms with Crippen molar-refractivity contribution in [3.63, 3.8) is 0 Å². The van der Waals surface area contributed by atoms with Gasteiger partial charge in [0, 0.05) is 20.3 Å². The molecule has 2 aliphatic carbocycles. The van der Waals surface area contributed by atoms with Crippen LogP contribution in [0.25, 0.3) is 0 Å². The zero-order chi connectivity index (χ0) is 13.4. The van der Waals surface area contributed by atoms with E-state index in [4.69, 9.17) is 0 Å². The fourth-order valence-electron chi connectivity index (χ4n) is 4.15. The summed E-state index contributed by atoms with van der Waals surface area (Å²) >= 11 is 5.76. The monoisotopic (exact) mass is 341 g/mol. The normalized spacial score (nSPS) is 31.0. The Morgan fingerprint density at radius 2 is 2.26 bits per heavy atom. The Morgan fingerprint density at radius 1 is 1.42 bits per heavy atom. The highest BCUT2D eigenvalue weighted by Crippen LogP contribution is 2.54. The van der Waals surface area contributed by atoms with Crippen molar-refractivity contribution in [1.29, 1.82) is 0 Å². The highest BCUT2D eigenvalue weighted by atomic mass is 79.9. The minimum atomic E-state index is 0.586. The van der Waals surface area contributed by atoms with Gasteiger partial charge >= 0.3 is 0 Å².